The molecule has 3 amide bonds. The van der Waals surface area contributed by atoms with Crippen molar-refractivity contribution in [3.63, 3.8) is 0 Å². The Bertz CT molecular complexity index is 678. The molecule has 2 N–H and O–H groups in total. The average Bonchev–Trinajstić information content (AvgIpc) is 2.85. The van der Waals surface area contributed by atoms with Gasteiger partial charge in [-0.2, -0.15) is 0 Å². The molecular weight excluding hydrogens is 308 g/mol. The maximum absolute atomic E-state index is 12.6. The predicted molar refractivity (Wildman–Crippen MR) is 89.5 cm³/mol. The van der Waals surface area contributed by atoms with Gasteiger partial charge in [0.15, 0.2) is 11.5 Å². The van der Waals surface area contributed by atoms with E-state index >= 15 is 0 Å². The first-order chi connectivity index (χ1) is 11.6. The highest BCUT2D eigenvalue weighted by Crippen LogP contribution is 2.29. The number of nitrogens with zero attached hydrogens (tertiary/aromatic N) is 1. The first kappa shape index (κ1) is 16.4. The molecule has 1 aromatic carbocycles. The van der Waals surface area contributed by atoms with Crippen molar-refractivity contribution in [2.75, 3.05) is 6.61 Å². The van der Waals surface area contributed by atoms with E-state index in [1.54, 1.807) is 18.2 Å². The summed E-state index contributed by atoms with van der Waals surface area (Å²) in [6.07, 6.45) is 6.63. The number of aromatic hydroxyl groups is 1. The lowest BCUT2D eigenvalue weighted by Crippen LogP contribution is -2.41. The number of phenols is 1. The number of ether oxygens (including phenoxy) is 1. The van der Waals surface area contributed by atoms with Crippen molar-refractivity contribution in [1.29, 1.82) is 0 Å². The maximum Gasteiger partial charge on any atom is 0.329 e. The van der Waals surface area contributed by atoms with Crippen LogP contribution in [0.5, 0.6) is 11.5 Å². The van der Waals surface area contributed by atoms with Gasteiger partial charge in [-0.1, -0.05) is 25.3 Å². The fourth-order valence-electron chi connectivity index (χ4n) is 3.28. The van der Waals surface area contributed by atoms with Gasteiger partial charge in [-0.25, -0.2) is 4.79 Å². The molecule has 2 aliphatic rings. The molecule has 1 heterocycles. The van der Waals surface area contributed by atoms with Crippen LogP contribution in [0.4, 0.5) is 4.79 Å². The van der Waals surface area contributed by atoms with Gasteiger partial charge in [-0.15, -0.1) is 0 Å². The van der Waals surface area contributed by atoms with Gasteiger partial charge in [-0.05, 0) is 43.5 Å². The fourth-order valence-corrected chi connectivity index (χ4v) is 3.28. The lowest BCUT2D eigenvalue weighted by Gasteiger charge is -2.28. The molecule has 0 radical (unpaired) electrons. The third-order valence-electron chi connectivity index (χ3n) is 4.44. The van der Waals surface area contributed by atoms with Crippen LogP contribution in [0.2, 0.25) is 0 Å². The van der Waals surface area contributed by atoms with Gasteiger partial charge in [0.05, 0.1) is 6.61 Å². The summed E-state index contributed by atoms with van der Waals surface area (Å²) in [5.41, 5.74) is 0.948. The first-order valence-electron chi connectivity index (χ1n) is 8.42. The van der Waals surface area contributed by atoms with Gasteiger partial charge >= 0.3 is 6.03 Å². The van der Waals surface area contributed by atoms with Gasteiger partial charge in [0, 0.05) is 6.04 Å². The number of hydrogen-bond acceptors (Lipinski definition) is 4. The second-order valence-electron chi connectivity index (χ2n) is 6.12. The van der Waals surface area contributed by atoms with Crippen molar-refractivity contribution in [2.45, 2.75) is 45.1 Å². The van der Waals surface area contributed by atoms with Gasteiger partial charge in [0.2, 0.25) is 0 Å². The third-order valence-corrected chi connectivity index (χ3v) is 4.44. The molecule has 6 heteroatoms. The number of imide groups is 1. The Morgan fingerprint density at radius 1 is 1.29 bits per heavy atom. The normalized spacial score (nSPS) is 20.5. The predicted octanol–water partition coefficient (Wildman–Crippen LogP) is 3.02. The van der Waals surface area contributed by atoms with Crippen molar-refractivity contribution < 1.29 is 19.4 Å². The Hall–Kier alpha value is -2.50. The summed E-state index contributed by atoms with van der Waals surface area (Å²) in [5, 5.41) is 12.4. The third kappa shape index (κ3) is 3.22. The SMILES string of the molecule is CCOc1cc(/C=C2\NC(=O)N(C3CCCCC3)C2=O)ccc1O. The summed E-state index contributed by atoms with van der Waals surface area (Å²) in [7, 11) is 0. The molecular formula is C18H22N2O4. The molecule has 0 atom stereocenters. The maximum atomic E-state index is 12.6. The van der Waals surface area contributed by atoms with Crippen LogP contribution in [-0.2, 0) is 4.79 Å². The van der Waals surface area contributed by atoms with Crippen LogP contribution in [-0.4, -0.2) is 34.6 Å². The van der Waals surface area contributed by atoms with Crippen molar-refractivity contribution >= 4 is 18.0 Å². The van der Waals surface area contributed by atoms with E-state index in [1.165, 1.54) is 11.0 Å². The number of benzene rings is 1. The molecule has 24 heavy (non-hydrogen) atoms. The van der Waals surface area contributed by atoms with Crippen LogP contribution in [0.15, 0.2) is 23.9 Å². The molecule has 128 valence electrons. The Balaban J connectivity index is 1.82. The molecule has 0 aromatic heterocycles. The smallest absolute Gasteiger partial charge is 0.329 e. The minimum absolute atomic E-state index is 0.00375. The van der Waals surface area contributed by atoms with Crippen LogP contribution >= 0.6 is 0 Å². The van der Waals surface area contributed by atoms with E-state index < -0.39 is 0 Å². The Morgan fingerprint density at radius 3 is 2.75 bits per heavy atom. The Labute approximate surface area is 141 Å². The van der Waals surface area contributed by atoms with E-state index in [2.05, 4.69) is 5.32 Å². The van der Waals surface area contributed by atoms with Gasteiger partial charge in [0.1, 0.15) is 5.70 Å². The second-order valence-corrected chi connectivity index (χ2v) is 6.12. The molecule has 2 fully saturated rings. The lowest BCUT2D eigenvalue weighted by molar-refractivity contribution is -0.124. The Kier molecular flexibility index (Phi) is 4.74. The summed E-state index contributed by atoms with van der Waals surface area (Å²) < 4.78 is 5.34. The number of phenolic OH excluding ortho intramolecular Hbond substituents is 1. The second kappa shape index (κ2) is 6.95. The zero-order chi connectivity index (χ0) is 17.1. The molecule has 1 aliphatic heterocycles. The van der Waals surface area contributed by atoms with Crippen LogP contribution in [0, 0.1) is 0 Å². The number of hydrogen-bond donors (Lipinski definition) is 2. The molecule has 0 spiro atoms. The monoisotopic (exact) mass is 330 g/mol. The van der Waals surface area contributed by atoms with E-state index in [4.69, 9.17) is 4.74 Å². The van der Waals surface area contributed by atoms with Crippen molar-refractivity contribution in [3.8, 4) is 11.5 Å². The zero-order valence-electron chi connectivity index (χ0n) is 13.7. The molecule has 3 rings (SSSR count). The number of rotatable bonds is 4. The molecule has 6 nitrogen and oxygen atoms in total. The number of carbonyl (C=O) groups is 2. The van der Waals surface area contributed by atoms with Crippen LogP contribution in [0.25, 0.3) is 6.08 Å². The van der Waals surface area contributed by atoms with Crippen molar-refractivity contribution in [1.82, 2.24) is 10.2 Å². The van der Waals surface area contributed by atoms with Crippen LogP contribution in [0.1, 0.15) is 44.6 Å². The quantitative estimate of drug-likeness (QED) is 0.657. The molecule has 1 aliphatic carbocycles. The van der Waals surface area contributed by atoms with Crippen molar-refractivity contribution in [3.05, 3.63) is 29.5 Å². The zero-order valence-corrected chi connectivity index (χ0v) is 13.7. The molecule has 1 aromatic rings. The highest BCUT2D eigenvalue weighted by Gasteiger charge is 2.38. The highest BCUT2D eigenvalue weighted by atomic mass is 16.5. The first-order valence-corrected chi connectivity index (χ1v) is 8.42. The fraction of sp³-hybridized carbons (Fsp3) is 0.444. The number of amides is 3. The molecule has 0 bridgehead atoms. The van der Waals surface area contributed by atoms with E-state index in [0.29, 0.717) is 17.9 Å². The number of urea groups is 1. The minimum Gasteiger partial charge on any atom is -0.504 e. The number of carbonyl (C=O) groups excluding carboxylic acids is 2. The van der Waals surface area contributed by atoms with Gasteiger partial charge < -0.3 is 15.2 Å². The summed E-state index contributed by atoms with van der Waals surface area (Å²) in [6.45, 7) is 2.26. The van der Waals surface area contributed by atoms with E-state index in [9.17, 15) is 14.7 Å². The van der Waals surface area contributed by atoms with E-state index in [0.717, 1.165) is 32.1 Å². The minimum atomic E-state index is -0.345. The lowest BCUT2D eigenvalue weighted by atomic mass is 9.94. The van der Waals surface area contributed by atoms with Gasteiger partial charge in [-0.3, -0.25) is 9.69 Å². The average molecular weight is 330 g/mol. The highest BCUT2D eigenvalue weighted by molar-refractivity contribution is 6.14. The van der Waals surface area contributed by atoms with Crippen LogP contribution in [0.3, 0.4) is 0 Å². The van der Waals surface area contributed by atoms with Crippen LogP contribution < -0.4 is 10.1 Å². The van der Waals surface area contributed by atoms with E-state index in [-0.39, 0.29) is 29.4 Å². The largest absolute Gasteiger partial charge is 0.504 e. The van der Waals surface area contributed by atoms with E-state index in [1.807, 2.05) is 6.92 Å². The van der Waals surface area contributed by atoms with Crippen molar-refractivity contribution in [2.24, 2.45) is 0 Å². The summed E-state index contributed by atoms with van der Waals surface area (Å²) in [4.78, 5) is 26.1. The summed E-state index contributed by atoms with van der Waals surface area (Å²) in [6, 6.07) is 4.48. The van der Waals surface area contributed by atoms with Gasteiger partial charge in [0.25, 0.3) is 5.91 Å². The summed E-state index contributed by atoms with van der Waals surface area (Å²) >= 11 is 0. The molecule has 1 saturated heterocycles. The number of nitrogens with one attached hydrogen (secondary N) is 1. The standard InChI is InChI=1S/C18H22N2O4/c1-2-24-16-11-12(8-9-15(16)21)10-14-17(22)20(18(23)19-14)13-6-4-3-5-7-13/h8-11,13,21H,2-7H2,1H3,(H,19,23)/b14-10-. The topological polar surface area (TPSA) is 78.9 Å². The molecule has 0 unspecified atom stereocenters. The molecule has 1 saturated carbocycles. The summed E-state index contributed by atoms with van der Waals surface area (Å²) in [5.74, 6) is 0.121. The Morgan fingerprint density at radius 2 is 2.04 bits per heavy atom.